The number of hydrogen-bond acceptors (Lipinski definition) is 3. The largest absolute Gasteiger partial charge is 0.394 e. The Hall–Kier alpha value is -1.06. The lowest BCUT2D eigenvalue weighted by molar-refractivity contribution is 0.266. The molecule has 1 fully saturated rings. The standard InChI is InChI=1S/C15H24N2O/c1-3-16-10-13-6-7-14(9-12(13)2)17-8-4-5-15(17)11-18/h6-7,9,15-16,18H,3-5,8,10-11H2,1-2H3. The van der Waals surface area contributed by atoms with Gasteiger partial charge in [0.15, 0.2) is 0 Å². The van der Waals surface area contributed by atoms with Crippen molar-refractivity contribution >= 4 is 5.69 Å². The minimum absolute atomic E-state index is 0.262. The molecule has 1 aliphatic heterocycles. The summed E-state index contributed by atoms with van der Waals surface area (Å²) in [6.45, 7) is 7.56. The van der Waals surface area contributed by atoms with Crippen LogP contribution in [0.1, 0.15) is 30.9 Å². The van der Waals surface area contributed by atoms with E-state index in [1.807, 2.05) is 0 Å². The van der Waals surface area contributed by atoms with Gasteiger partial charge in [0.05, 0.1) is 12.6 Å². The van der Waals surface area contributed by atoms with E-state index in [2.05, 4.69) is 42.3 Å². The second-order valence-corrected chi connectivity index (χ2v) is 5.06. The van der Waals surface area contributed by atoms with Gasteiger partial charge in [-0.05, 0) is 49.6 Å². The van der Waals surface area contributed by atoms with Crippen molar-refractivity contribution in [2.75, 3.05) is 24.6 Å². The molecular formula is C15H24N2O. The summed E-state index contributed by atoms with van der Waals surface area (Å²) >= 11 is 0. The van der Waals surface area contributed by atoms with E-state index < -0.39 is 0 Å². The van der Waals surface area contributed by atoms with Crippen LogP contribution < -0.4 is 10.2 Å². The van der Waals surface area contributed by atoms with Crippen LogP contribution >= 0.6 is 0 Å². The van der Waals surface area contributed by atoms with Crippen molar-refractivity contribution in [2.24, 2.45) is 0 Å². The van der Waals surface area contributed by atoms with Gasteiger partial charge in [-0.15, -0.1) is 0 Å². The average Bonchev–Trinajstić information content (AvgIpc) is 2.85. The quantitative estimate of drug-likeness (QED) is 0.837. The van der Waals surface area contributed by atoms with Gasteiger partial charge in [-0.25, -0.2) is 0 Å². The summed E-state index contributed by atoms with van der Waals surface area (Å²) in [4.78, 5) is 2.34. The molecule has 1 aromatic carbocycles. The predicted molar refractivity (Wildman–Crippen MR) is 76.0 cm³/mol. The summed E-state index contributed by atoms with van der Waals surface area (Å²) in [7, 11) is 0. The van der Waals surface area contributed by atoms with Gasteiger partial charge in [-0.1, -0.05) is 13.0 Å². The number of anilines is 1. The summed E-state index contributed by atoms with van der Waals surface area (Å²) in [6, 6.07) is 6.96. The number of hydrogen-bond donors (Lipinski definition) is 2. The Labute approximate surface area is 110 Å². The lowest BCUT2D eigenvalue weighted by atomic mass is 10.1. The second-order valence-electron chi connectivity index (χ2n) is 5.06. The molecule has 0 aliphatic carbocycles. The Morgan fingerprint density at radius 3 is 2.94 bits per heavy atom. The highest BCUT2D eigenvalue weighted by Crippen LogP contribution is 2.27. The van der Waals surface area contributed by atoms with Crippen LogP contribution in [0.5, 0.6) is 0 Å². The maximum Gasteiger partial charge on any atom is 0.0635 e. The van der Waals surface area contributed by atoms with E-state index in [4.69, 9.17) is 0 Å². The topological polar surface area (TPSA) is 35.5 Å². The van der Waals surface area contributed by atoms with E-state index in [9.17, 15) is 5.11 Å². The molecule has 2 N–H and O–H groups in total. The molecule has 0 radical (unpaired) electrons. The third kappa shape index (κ3) is 2.85. The Balaban J connectivity index is 2.12. The van der Waals surface area contributed by atoms with Gasteiger partial charge in [-0.3, -0.25) is 0 Å². The zero-order valence-corrected chi connectivity index (χ0v) is 11.4. The van der Waals surface area contributed by atoms with Crippen LogP contribution in [0.4, 0.5) is 5.69 Å². The molecule has 1 unspecified atom stereocenters. The minimum atomic E-state index is 0.262. The number of benzene rings is 1. The van der Waals surface area contributed by atoms with Crippen molar-refractivity contribution in [3.05, 3.63) is 29.3 Å². The van der Waals surface area contributed by atoms with Gasteiger partial charge in [0.2, 0.25) is 0 Å². The first-order valence-corrected chi connectivity index (χ1v) is 6.94. The highest BCUT2D eigenvalue weighted by molar-refractivity contribution is 5.52. The van der Waals surface area contributed by atoms with Crippen molar-refractivity contribution in [3.8, 4) is 0 Å². The van der Waals surface area contributed by atoms with Gasteiger partial charge in [0, 0.05) is 18.8 Å². The molecule has 1 aromatic rings. The van der Waals surface area contributed by atoms with Gasteiger partial charge in [-0.2, -0.15) is 0 Å². The molecular weight excluding hydrogens is 224 g/mol. The number of nitrogens with zero attached hydrogens (tertiary/aromatic N) is 1. The molecule has 1 heterocycles. The maximum absolute atomic E-state index is 9.39. The highest BCUT2D eigenvalue weighted by Gasteiger charge is 2.23. The first-order valence-electron chi connectivity index (χ1n) is 6.94. The van der Waals surface area contributed by atoms with Crippen LogP contribution in [0.25, 0.3) is 0 Å². The molecule has 0 amide bonds. The highest BCUT2D eigenvalue weighted by atomic mass is 16.3. The van der Waals surface area contributed by atoms with E-state index >= 15 is 0 Å². The fraction of sp³-hybridized carbons (Fsp3) is 0.600. The maximum atomic E-state index is 9.39. The fourth-order valence-electron chi connectivity index (χ4n) is 2.68. The smallest absolute Gasteiger partial charge is 0.0635 e. The second kappa shape index (κ2) is 6.21. The first kappa shape index (κ1) is 13.4. The van der Waals surface area contributed by atoms with E-state index in [1.54, 1.807) is 0 Å². The van der Waals surface area contributed by atoms with Crippen molar-refractivity contribution in [1.29, 1.82) is 0 Å². The Kier molecular flexibility index (Phi) is 4.61. The molecule has 18 heavy (non-hydrogen) atoms. The van der Waals surface area contributed by atoms with Crippen molar-refractivity contribution in [1.82, 2.24) is 5.32 Å². The van der Waals surface area contributed by atoms with Crippen molar-refractivity contribution < 1.29 is 5.11 Å². The molecule has 3 nitrogen and oxygen atoms in total. The van der Waals surface area contributed by atoms with E-state index in [-0.39, 0.29) is 6.61 Å². The fourth-order valence-corrected chi connectivity index (χ4v) is 2.68. The third-order valence-corrected chi connectivity index (χ3v) is 3.81. The summed E-state index contributed by atoms with van der Waals surface area (Å²) in [6.07, 6.45) is 2.29. The molecule has 0 aromatic heterocycles. The Morgan fingerprint density at radius 1 is 1.44 bits per heavy atom. The zero-order chi connectivity index (χ0) is 13.0. The Morgan fingerprint density at radius 2 is 2.28 bits per heavy atom. The number of aliphatic hydroxyl groups excluding tert-OH is 1. The summed E-state index contributed by atoms with van der Waals surface area (Å²) in [5.41, 5.74) is 3.95. The van der Waals surface area contributed by atoms with Crippen LogP contribution in [0.3, 0.4) is 0 Å². The molecule has 0 saturated carbocycles. The molecule has 0 spiro atoms. The van der Waals surface area contributed by atoms with Crippen molar-refractivity contribution in [2.45, 2.75) is 39.3 Å². The number of aliphatic hydroxyl groups is 1. The molecule has 0 bridgehead atoms. The van der Waals surface area contributed by atoms with Crippen LogP contribution in [0, 0.1) is 6.92 Å². The van der Waals surface area contributed by atoms with Crippen LogP contribution in [0.15, 0.2) is 18.2 Å². The van der Waals surface area contributed by atoms with Crippen LogP contribution in [-0.4, -0.2) is 30.8 Å². The summed E-state index contributed by atoms with van der Waals surface area (Å²) < 4.78 is 0. The first-order chi connectivity index (χ1) is 8.76. The summed E-state index contributed by atoms with van der Waals surface area (Å²) in [5.74, 6) is 0. The van der Waals surface area contributed by atoms with E-state index in [0.29, 0.717) is 6.04 Å². The zero-order valence-electron chi connectivity index (χ0n) is 11.4. The number of nitrogens with one attached hydrogen (secondary N) is 1. The Bertz CT molecular complexity index is 392. The number of aryl methyl sites for hydroxylation is 1. The number of rotatable bonds is 5. The average molecular weight is 248 g/mol. The lowest BCUT2D eigenvalue weighted by Gasteiger charge is -2.26. The summed E-state index contributed by atoms with van der Waals surface area (Å²) in [5, 5.41) is 12.7. The van der Waals surface area contributed by atoms with Crippen LogP contribution in [-0.2, 0) is 6.54 Å². The van der Waals surface area contributed by atoms with Gasteiger partial charge >= 0.3 is 0 Å². The molecule has 100 valence electrons. The van der Waals surface area contributed by atoms with Crippen molar-refractivity contribution in [3.63, 3.8) is 0 Å². The minimum Gasteiger partial charge on any atom is -0.394 e. The molecule has 3 heteroatoms. The normalized spacial score (nSPS) is 19.5. The van der Waals surface area contributed by atoms with Crippen LogP contribution in [0.2, 0.25) is 0 Å². The predicted octanol–water partition coefficient (Wildman–Crippen LogP) is 2.07. The molecule has 1 aliphatic rings. The molecule has 1 saturated heterocycles. The lowest BCUT2D eigenvalue weighted by Crippen LogP contribution is -2.32. The van der Waals surface area contributed by atoms with E-state index in [0.717, 1.165) is 26.1 Å². The monoisotopic (exact) mass is 248 g/mol. The molecule has 2 rings (SSSR count). The van der Waals surface area contributed by atoms with E-state index in [1.165, 1.54) is 23.2 Å². The molecule has 1 atom stereocenters. The van der Waals surface area contributed by atoms with Gasteiger partial charge in [0.1, 0.15) is 0 Å². The van der Waals surface area contributed by atoms with Gasteiger partial charge < -0.3 is 15.3 Å². The third-order valence-electron chi connectivity index (χ3n) is 3.81. The SMILES string of the molecule is CCNCc1ccc(N2CCCC2CO)cc1C. The van der Waals surface area contributed by atoms with Gasteiger partial charge in [0.25, 0.3) is 0 Å².